The topological polar surface area (TPSA) is 26.0 Å². The number of hydrogen-bond donors (Lipinski definition) is 1. The molecule has 0 spiro atoms. The fourth-order valence-electron chi connectivity index (χ4n) is 1.84. The number of thiophene rings is 1. The van der Waals surface area contributed by atoms with Crippen LogP contribution in [0.5, 0.6) is 0 Å². The zero-order valence-electron chi connectivity index (χ0n) is 10.3. The SMILES string of the molecule is Cc1cc(C(N)c2ccc(Br)cc2C(F)(F)F)sc1Br. The Morgan fingerprint density at radius 2 is 1.85 bits per heavy atom. The molecule has 2 aromatic rings. The third kappa shape index (κ3) is 3.27. The Hall–Kier alpha value is -0.370. The summed E-state index contributed by atoms with van der Waals surface area (Å²) in [5.74, 6) is 0. The average molecular weight is 429 g/mol. The van der Waals surface area contributed by atoms with Crippen LogP contribution in [0.4, 0.5) is 13.2 Å². The summed E-state index contributed by atoms with van der Waals surface area (Å²) in [4.78, 5) is 0.696. The standard InChI is InChI=1S/C13H10Br2F3NS/c1-6-4-10(20-12(6)15)11(19)8-3-2-7(14)5-9(8)13(16,17)18/h2-5,11H,19H2,1H3. The molecule has 0 fully saturated rings. The van der Waals surface area contributed by atoms with E-state index in [0.29, 0.717) is 9.35 Å². The summed E-state index contributed by atoms with van der Waals surface area (Å²) in [5.41, 5.74) is 6.36. The number of nitrogens with two attached hydrogens (primary N) is 1. The molecular formula is C13H10Br2F3NS. The lowest BCUT2D eigenvalue weighted by atomic mass is 9.99. The predicted molar refractivity (Wildman–Crippen MR) is 81.9 cm³/mol. The predicted octanol–water partition coefficient (Wildman–Crippen LogP) is 5.65. The van der Waals surface area contributed by atoms with Crippen molar-refractivity contribution in [3.05, 3.63) is 54.1 Å². The molecule has 0 amide bonds. The fourth-order valence-corrected chi connectivity index (χ4v) is 3.79. The number of rotatable bonds is 2. The van der Waals surface area contributed by atoms with Crippen molar-refractivity contribution in [3.8, 4) is 0 Å². The summed E-state index contributed by atoms with van der Waals surface area (Å²) in [6, 6.07) is 5.06. The van der Waals surface area contributed by atoms with Crippen molar-refractivity contribution < 1.29 is 13.2 Å². The molecule has 0 saturated heterocycles. The normalized spacial score (nSPS) is 13.6. The molecule has 2 rings (SSSR count). The lowest BCUT2D eigenvalue weighted by Gasteiger charge is -2.17. The van der Waals surface area contributed by atoms with Gasteiger partial charge in [0.15, 0.2) is 0 Å². The molecule has 0 aliphatic rings. The third-order valence-corrected chi connectivity index (χ3v) is 5.55. The van der Waals surface area contributed by atoms with Crippen LogP contribution in [0.2, 0.25) is 0 Å². The molecule has 0 radical (unpaired) electrons. The zero-order chi connectivity index (χ0) is 15.1. The molecule has 1 unspecified atom stereocenters. The molecule has 0 bridgehead atoms. The van der Waals surface area contributed by atoms with Crippen molar-refractivity contribution in [1.82, 2.24) is 0 Å². The van der Waals surface area contributed by atoms with E-state index in [-0.39, 0.29) is 5.56 Å². The molecule has 1 heterocycles. The summed E-state index contributed by atoms with van der Waals surface area (Å²) in [6.07, 6.45) is -4.43. The van der Waals surface area contributed by atoms with Gasteiger partial charge in [0.25, 0.3) is 0 Å². The minimum absolute atomic E-state index is 0.0782. The minimum Gasteiger partial charge on any atom is -0.320 e. The monoisotopic (exact) mass is 427 g/mol. The molecule has 20 heavy (non-hydrogen) atoms. The van der Waals surface area contributed by atoms with Crippen molar-refractivity contribution in [2.75, 3.05) is 0 Å². The van der Waals surface area contributed by atoms with Gasteiger partial charge in [0.1, 0.15) is 0 Å². The highest BCUT2D eigenvalue weighted by Crippen LogP contribution is 2.40. The zero-order valence-corrected chi connectivity index (χ0v) is 14.3. The molecule has 0 aliphatic heterocycles. The van der Waals surface area contributed by atoms with E-state index in [1.165, 1.54) is 17.4 Å². The molecule has 2 N–H and O–H groups in total. The summed E-state index contributed by atoms with van der Waals surface area (Å²) >= 11 is 7.78. The van der Waals surface area contributed by atoms with Crippen LogP contribution < -0.4 is 5.73 Å². The van der Waals surface area contributed by atoms with Gasteiger partial charge in [0, 0.05) is 9.35 Å². The molecule has 0 saturated carbocycles. The highest BCUT2D eigenvalue weighted by molar-refractivity contribution is 9.11. The van der Waals surface area contributed by atoms with Gasteiger partial charge in [0.05, 0.1) is 15.4 Å². The summed E-state index contributed by atoms with van der Waals surface area (Å²) < 4.78 is 40.6. The van der Waals surface area contributed by atoms with Crippen molar-refractivity contribution in [3.63, 3.8) is 0 Å². The second-order valence-electron chi connectivity index (χ2n) is 4.31. The van der Waals surface area contributed by atoms with Crippen molar-refractivity contribution in [2.45, 2.75) is 19.1 Å². The summed E-state index contributed by atoms with van der Waals surface area (Å²) in [7, 11) is 0. The molecule has 1 aromatic carbocycles. The Morgan fingerprint density at radius 3 is 2.35 bits per heavy atom. The van der Waals surface area contributed by atoms with Gasteiger partial charge in [-0.2, -0.15) is 13.2 Å². The Bertz CT molecular complexity index is 618. The maximum Gasteiger partial charge on any atom is 0.416 e. The number of hydrogen-bond acceptors (Lipinski definition) is 2. The number of halogens is 5. The van der Waals surface area contributed by atoms with Gasteiger partial charge in [-0.25, -0.2) is 0 Å². The minimum atomic E-state index is -4.43. The van der Waals surface area contributed by atoms with Gasteiger partial charge in [-0.15, -0.1) is 11.3 Å². The van der Waals surface area contributed by atoms with E-state index in [1.807, 2.05) is 13.0 Å². The summed E-state index contributed by atoms with van der Waals surface area (Å²) in [6.45, 7) is 1.88. The van der Waals surface area contributed by atoms with Gasteiger partial charge < -0.3 is 5.73 Å². The largest absolute Gasteiger partial charge is 0.416 e. The van der Waals surface area contributed by atoms with Crippen LogP contribution in [0.3, 0.4) is 0 Å². The van der Waals surface area contributed by atoms with E-state index in [9.17, 15) is 13.2 Å². The third-order valence-electron chi connectivity index (χ3n) is 2.84. The first-order valence-corrected chi connectivity index (χ1v) is 7.98. The molecular weight excluding hydrogens is 419 g/mol. The maximum absolute atomic E-state index is 13.1. The van der Waals surface area contributed by atoms with Crippen LogP contribution in [0.15, 0.2) is 32.5 Å². The molecule has 1 atom stereocenters. The van der Waals surface area contributed by atoms with Gasteiger partial charge >= 0.3 is 6.18 Å². The molecule has 1 nitrogen and oxygen atoms in total. The van der Waals surface area contributed by atoms with E-state index < -0.39 is 17.8 Å². The molecule has 7 heteroatoms. The van der Waals surface area contributed by atoms with Crippen LogP contribution in [0.1, 0.15) is 27.6 Å². The van der Waals surface area contributed by atoms with E-state index in [2.05, 4.69) is 31.9 Å². The van der Waals surface area contributed by atoms with E-state index in [4.69, 9.17) is 5.73 Å². The van der Waals surface area contributed by atoms with Crippen molar-refractivity contribution in [2.24, 2.45) is 5.73 Å². The number of benzene rings is 1. The lowest BCUT2D eigenvalue weighted by molar-refractivity contribution is -0.138. The fraction of sp³-hybridized carbons (Fsp3) is 0.231. The Balaban J connectivity index is 2.52. The van der Waals surface area contributed by atoms with Crippen molar-refractivity contribution >= 4 is 43.2 Å². The Morgan fingerprint density at radius 1 is 1.20 bits per heavy atom. The molecule has 1 aromatic heterocycles. The van der Waals surface area contributed by atoms with Crippen LogP contribution in [-0.4, -0.2) is 0 Å². The maximum atomic E-state index is 13.1. The Kier molecular flexibility index (Phi) is 4.63. The van der Waals surface area contributed by atoms with Gasteiger partial charge in [-0.05, 0) is 52.2 Å². The smallest absolute Gasteiger partial charge is 0.320 e. The number of alkyl halides is 3. The Labute approximate surface area is 135 Å². The van der Waals surface area contributed by atoms with Crippen LogP contribution in [0, 0.1) is 6.92 Å². The van der Waals surface area contributed by atoms with Gasteiger partial charge in [-0.1, -0.05) is 22.0 Å². The molecule has 0 aliphatic carbocycles. The van der Waals surface area contributed by atoms with Crippen LogP contribution >= 0.6 is 43.2 Å². The first-order chi connectivity index (χ1) is 9.20. The summed E-state index contributed by atoms with van der Waals surface area (Å²) in [5, 5.41) is 0. The van der Waals surface area contributed by atoms with Gasteiger partial charge in [-0.3, -0.25) is 0 Å². The second kappa shape index (κ2) is 5.79. The second-order valence-corrected chi connectivity index (χ2v) is 7.63. The first kappa shape index (κ1) is 16.0. The van der Waals surface area contributed by atoms with Crippen LogP contribution in [0.25, 0.3) is 0 Å². The quantitative estimate of drug-likeness (QED) is 0.657. The van der Waals surface area contributed by atoms with Crippen LogP contribution in [-0.2, 0) is 6.18 Å². The van der Waals surface area contributed by atoms with E-state index in [1.54, 1.807) is 6.07 Å². The first-order valence-electron chi connectivity index (χ1n) is 5.58. The molecule has 108 valence electrons. The highest BCUT2D eigenvalue weighted by Gasteiger charge is 2.35. The highest BCUT2D eigenvalue weighted by atomic mass is 79.9. The van der Waals surface area contributed by atoms with E-state index in [0.717, 1.165) is 15.4 Å². The van der Waals surface area contributed by atoms with E-state index >= 15 is 0 Å². The lowest BCUT2D eigenvalue weighted by Crippen LogP contribution is -2.17. The average Bonchev–Trinajstić information content (AvgIpc) is 2.67. The number of aryl methyl sites for hydroxylation is 1. The van der Waals surface area contributed by atoms with Gasteiger partial charge in [0.2, 0.25) is 0 Å². The van der Waals surface area contributed by atoms with Crippen molar-refractivity contribution in [1.29, 1.82) is 0 Å².